The van der Waals surface area contributed by atoms with E-state index in [2.05, 4.69) is 97.1 Å². The molecule has 0 heterocycles. The molecular formula is C31H24O. The largest absolute Gasteiger partial charge is 0.392 e. The third-order valence-corrected chi connectivity index (χ3v) is 9.25. The van der Waals surface area contributed by atoms with Crippen molar-refractivity contribution in [2.24, 2.45) is 0 Å². The molecular weight excluding hydrogens is 388 g/mol. The van der Waals surface area contributed by atoms with Gasteiger partial charge >= 0.3 is 0 Å². The average Bonchev–Trinajstić information content (AvgIpc) is 3.12. The van der Waals surface area contributed by atoms with Crippen molar-refractivity contribution in [1.29, 1.82) is 0 Å². The van der Waals surface area contributed by atoms with E-state index in [4.69, 9.17) is 0 Å². The highest BCUT2D eigenvalue weighted by atomic mass is 16.3. The Morgan fingerprint density at radius 1 is 0.531 bits per heavy atom. The van der Waals surface area contributed by atoms with Crippen molar-refractivity contribution in [3.8, 4) is 0 Å². The average molecular weight is 413 g/mol. The molecule has 4 aromatic rings. The van der Waals surface area contributed by atoms with Crippen molar-refractivity contribution in [1.82, 2.24) is 0 Å². The first-order valence-electron chi connectivity index (χ1n) is 11.9. The van der Waals surface area contributed by atoms with Gasteiger partial charge in [0, 0.05) is 17.3 Å². The van der Waals surface area contributed by atoms with Gasteiger partial charge in [-0.25, -0.2) is 0 Å². The lowest BCUT2D eigenvalue weighted by Gasteiger charge is -2.60. The molecule has 0 aliphatic heterocycles. The molecule has 7 aliphatic carbocycles. The smallest absolute Gasteiger partial charge is 0.0690 e. The molecule has 1 nitrogen and oxygen atoms in total. The van der Waals surface area contributed by atoms with Crippen LogP contribution in [0.5, 0.6) is 0 Å². The molecule has 7 aliphatic rings. The van der Waals surface area contributed by atoms with Crippen molar-refractivity contribution < 1.29 is 5.11 Å². The fraction of sp³-hybridized carbons (Fsp3) is 0.226. The number of rotatable bonds is 0. The molecule has 1 fully saturated rings. The highest BCUT2D eigenvalue weighted by Gasteiger charge is 2.70. The summed E-state index contributed by atoms with van der Waals surface area (Å²) in [5, 5.41) is 12.1. The van der Waals surface area contributed by atoms with Gasteiger partial charge in [-0.05, 0) is 57.3 Å². The molecule has 32 heavy (non-hydrogen) atoms. The van der Waals surface area contributed by atoms with E-state index in [9.17, 15) is 5.11 Å². The van der Waals surface area contributed by atoms with Crippen LogP contribution in [0.15, 0.2) is 97.1 Å². The molecule has 0 radical (unpaired) electrons. The minimum atomic E-state index is -0.478. The molecule has 4 aromatic carbocycles. The van der Waals surface area contributed by atoms with Crippen molar-refractivity contribution in [3.63, 3.8) is 0 Å². The van der Waals surface area contributed by atoms with Crippen molar-refractivity contribution in [3.05, 3.63) is 142 Å². The second-order valence-corrected chi connectivity index (χ2v) is 10.1. The van der Waals surface area contributed by atoms with Crippen LogP contribution in [0.1, 0.15) is 69.2 Å². The molecule has 0 unspecified atom stereocenters. The van der Waals surface area contributed by atoms with Crippen LogP contribution < -0.4 is 0 Å². The first kappa shape index (κ1) is 17.4. The zero-order valence-electron chi connectivity index (χ0n) is 17.8. The predicted octanol–water partition coefficient (Wildman–Crippen LogP) is 6.02. The molecule has 1 atom stereocenters. The van der Waals surface area contributed by atoms with Crippen molar-refractivity contribution in [2.45, 2.75) is 41.6 Å². The standard InChI is InChI=1S/C31H24O/c32-27-17-18-30-23-13-5-1-9-19(23)28(20-10-2-6-14-24(20)30)29-21-11-3-7-15-25(21)31(27,30)26-16-8-4-12-22(26)29/h1-16,27-29,32H,17-18H2/t27-,28?,29?,30?,31?/m0/s1. The number of aliphatic hydroxyl groups excluding tert-OH is 1. The topological polar surface area (TPSA) is 20.2 Å². The van der Waals surface area contributed by atoms with Crippen LogP contribution in [0, 0.1) is 0 Å². The van der Waals surface area contributed by atoms with Crippen molar-refractivity contribution in [2.75, 3.05) is 0 Å². The Balaban J connectivity index is 1.70. The van der Waals surface area contributed by atoms with Gasteiger partial charge < -0.3 is 5.11 Å². The zero-order chi connectivity index (χ0) is 21.1. The fourth-order valence-corrected chi connectivity index (χ4v) is 8.48. The summed E-state index contributed by atoms with van der Waals surface area (Å²) in [6.45, 7) is 0. The van der Waals surface area contributed by atoms with Gasteiger partial charge in [-0.1, -0.05) is 97.1 Å². The third-order valence-electron chi connectivity index (χ3n) is 9.25. The number of benzene rings is 4. The summed E-state index contributed by atoms with van der Waals surface area (Å²) in [5.74, 6) is 0.535. The summed E-state index contributed by atoms with van der Waals surface area (Å²) >= 11 is 0. The second kappa shape index (κ2) is 5.60. The van der Waals surface area contributed by atoms with Crippen LogP contribution in [-0.4, -0.2) is 11.2 Å². The highest BCUT2D eigenvalue weighted by molar-refractivity contribution is 5.74. The van der Waals surface area contributed by atoms with Gasteiger partial charge in [-0.15, -0.1) is 0 Å². The maximum atomic E-state index is 12.1. The quantitative estimate of drug-likeness (QED) is 0.375. The van der Waals surface area contributed by atoms with E-state index in [1.165, 1.54) is 44.5 Å². The van der Waals surface area contributed by atoms with E-state index in [1.54, 1.807) is 0 Å². The van der Waals surface area contributed by atoms with Gasteiger partial charge in [0.15, 0.2) is 0 Å². The molecule has 0 saturated heterocycles. The lowest BCUT2D eigenvalue weighted by Crippen LogP contribution is -2.59. The van der Waals surface area contributed by atoms with E-state index >= 15 is 0 Å². The van der Waals surface area contributed by atoms with Gasteiger partial charge in [0.25, 0.3) is 0 Å². The van der Waals surface area contributed by atoms with Crippen LogP contribution in [0.3, 0.4) is 0 Å². The van der Waals surface area contributed by atoms with Gasteiger partial charge in [-0.2, -0.15) is 0 Å². The summed E-state index contributed by atoms with van der Waals surface area (Å²) in [4.78, 5) is 0. The summed E-state index contributed by atoms with van der Waals surface area (Å²) in [5.41, 5.74) is 10.6. The Morgan fingerprint density at radius 3 is 1.38 bits per heavy atom. The summed E-state index contributed by atoms with van der Waals surface area (Å²) in [7, 11) is 0. The van der Waals surface area contributed by atoms with Crippen LogP contribution >= 0.6 is 0 Å². The molecule has 1 saturated carbocycles. The molecule has 11 rings (SSSR count). The van der Waals surface area contributed by atoms with Crippen LogP contribution in [0.4, 0.5) is 0 Å². The molecule has 0 aromatic heterocycles. The maximum absolute atomic E-state index is 12.1. The van der Waals surface area contributed by atoms with E-state index in [0.29, 0.717) is 0 Å². The van der Waals surface area contributed by atoms with Gasteiger partial charge in [0.05, 0.1) is 11.5 Å². The molecule has 4 bridgehead atoms. The van der Waals surface area contributed by atoms with Gasteiger partial charge in [-0.3, -0.25) is 0 Å². The Kier molecular flexibility index (Phi) is 3.05. The summed E-state index contributed by atoms with van der Waals surface area (Å²) in [6, 6.07) is 36.3. The van der Waals surface area contributed by atoms with E-state index < -0.39 is 11.5 Å². The number of hydrogen-bond acceptors (Lipinski definition) is 1. The molecule has 0 amide bonds. The Bertz CT molecular complexity index is 1330. The summed E-state index contributed by atoms with van der Waals surface area (Å²) < 4.78 is 0. The van der Waals surface area contributed by atoms with Gasteiger partial charge in [0.2, 0.25) is 0 Å². The SMILES string of the molecule is O[C@H]1CCC23c4ccccc4C(c4ccccc42)C2c4ccccc4C13c1ccccc12. The van der Waals surface area contributed by atoms with Crippen LogP contribution in [0.25, 0.3) is 0 Å². The van der Waals surface area contributed by atoms with Crippen LogP contribution in [0.2, 0.25) is 0 Å². The van der Waals surface area contributed by atoms with E-state index in [-0.39, 0.29) is 17.3 Å². The van der Waals surface area contributed by atoms with Crippen LogP contribution in [-0.2, 0) is 10.8 Å². The number of hydrogen-bond donors (Lipinski definition) is 1. The van der Waals surface area contributed by atoms with E-state index in [1.807, 2.05) is 0 Å². The maximum Gasteiger partial charge on any atom is 0.0690 e. The monoisotopic (exact) mass is 412 g/mol. The normalized spacial score (nSPS) is 32.2. The molecule has 1 heteroatoms. The Morgan fingerprint density at radius 2 is 0.906 bits per heavy atom. The summed E-state index contributed by atoms with van der Waals surface area (Å²) in [6.07, 6.45) is 1.34. The minimum absolute atomic E-state index is 0.251. The Hall–Kier alpha value is -3.16. The zero-order valence-corrected chi connectivity index (χ0v) is 17.8. The molecule has 2 spiro atoms. The lowest BCUT2D eigenvalue weighted by atomic mass is 9.41. The fourth-order valence-electron chi connectivity index (χ4n) is 8.48. The first-order chi connectivity index (χ1) is 15.8. The van der Waals surface area contributed by atoms with Crippen molar-refractivity contribution >= 4 is 0 Å². The van der Waals surface area contributed by atoms with E-state index in [0.717, 1.165) is 12.8 Å². The second-order valence-electron chi connectivity index (χ2n) is 10.1. The molecule has 154 valence electrons. The first-order valence-corrected chi connectivity index (χ1v) is 11.9. The van der Waals surface area contributed by atoms with Gasteiger partial charge in [0.1, 0.15) is 0 Å². The lowest BCUT2D eigenvalue weighted by molar-refractivity contribution is 0.101. The predicted molar refractivity (Wildman–Crippen MR) is 126 cm³/mol. The highest BCUT2D eigenvalue weighted by Crippen LogP contribution is 2.73. The number of aliphatic hydroxyl groups is 1. The third kappa shape index (κ3) is 1.60. The Labute approximate surface area is 188 Å². The minimum Gasteiger partial charge on any atom is -0.392 e. The molecule has 1 N–H and O–H groups in total.